The van der Waals surface area contributed by atoms with Gasteiger partial charge < -0.3 is 0 Å². The van der Waals surface area contributed by atoms with Crippen LogP contribution in [0.4, 0.5) is 0 Å². The van der Waals surface area contributed by atoms with Crippen molar-refractivity contribution in [1.29, 1.82) is 0 Å². The second-order valence-electron chi connectivity index (χ2n) is 4.42. The number of aldehydes is 1. The zero-order chi connectivity index (χ0) is 12.7. The maximum absolute atomic E-state index is 10.6. The Kier molecular flexibility index (Phi) is 7.30. The van der Waals surface area contributed by atoms with E-state index in [9.17, 15) is 4.79 Å². The molecule has 0 aromatic carbocycles. The summed E-state index contributed by atoms with van der Waals surface area (Å²) in [5.41, 5.74) is 7.05. The first kappa shape index (κ1) is 15.1. The second-order valence-corrected chi connectivity index (χ2v) is 14.4. The zero-order valence-electron chi connectivity index (χ0n) is 10.3. The van der Waals surface area contributed by atoms with Crippen LogP contribution >= 0.6 is 12.6 Å². The van der Waals surface area contributed by atoms with E-state index >= 15 is 0 Å². The molecule has 2 N–H and O–H groups in total. The fourth-order valence-corrected chi connectivity index (χ4v) is 10.5. The minimum absolute atomic E-state index is 0.0513. The second kappa shape index (κ2) is 8.21. The molecule has 0 radical (unpaired) electrons. The molecule has 1 rings (SSSR count). The average molecular weight is 362 g/mol. The van der Waals surface area contributed by atoms with Gasteiger partial charge in [0.15, 0.2) is 0 Å². The van der Waals surface area contributed by atoms with Gasteiger partial charge in [-0.25, -0.2) is 0 Å². The SMILES string of the molecule is CC(N)c1occc1C[CH2][SnH]([CH2]C=O)[CH2]CS. The Hall–Kier alpha value is 0.0587. The molecule has 17 heavy (non-hydrogen) atoms. The topological polar surface area (TPSA) is 56.2 Å². The number of thiol groups is 1. The quantitative estimate of drug-likeness (QED) is 0.424. The summed E-state index contributed by atoms with van der Waals surface area (Å²) < 4.78 is 8.60. The van der Waals surface area contributed by atoms with Crippen LogP contribution in [0.25, 0.3) is 0 Å². The van der Waals surface area contributed by atoms with Crippen LogP contribution < -0.4 is 5.73 Å². The zero-order valence-corrected chi connectivity index (χ0v) is 14.5. The molecule has 0 amide bonds. The molecule has 1 aromatic heterocycles. The number of rotatable bonds is 8. The van der Waals surface area contributed by atoms with E-state index in [2.05, 4.69) is 12.6 Å². The summed E-state index contributed by atoms with van der Waals surface area (Å²) in [7, 11) is 0. The Morgan fingerprint density at radius 1 is 1.59 bits per heavy atom. The first-order valence-electron chi connectivity index (χ1n) is 6.05. The number of hydrogen-bond acceptors (Lipinski definition) is 4. The van der Waals surface area contributed by atoms with E-state index in [1.165, 1.54) is 14.4 Å². The molecular weight excluding hydrogens is 341 g/mol. The van der Waals surface area contributed by atoms with E-state index in [0.717, 1.165) is 28.7 Å². The molecule has 0 fully saturated rings. The predicted molar refractivity (Wildman–Crippen MR) is 76.5 cm³/mol. The molecule has 1 heterocycles. The molecule has 3 nitrogen and oxygen atoms in total. The van der Waals surface area contributed by atoms with Gasteiger partial charge in [0, 0.05) is 0 Å². The number of hydrogen-bond donors (Lipinski definition) is 2. The third-order valence-corrected chi connectivity index (χ3v) is 13.4. The van der Waals surface area contributed by atoms with Crippen molar-refractivity contribution in [2.75, 3.05) is 5.75 Å². The summed E-state index contributed by atoms with van der Waals surface area (Å²) in [6, 6.07) is 1.95. The number of furan rings is 1. The molecule has 0 saturated carbocycles. The van der Waals surface area contributed by atoms with Crippen molar-refractivity contribution in [3.05, 3.63) is 23.7 Å². The minimum atomic E-state index is -1.66. The fraction of sp³-hybridized carbons (Fsp3) is 0.583. The third-order valence-electron chi connectivity index (χ3n) is 2.98. The Bertz CT molecular complexity index is 341. The van der Waals surface area contributed by atoms with Crippen LogP contribution in [-0.4, -0.2) is 31.8 Å². The fourth-order valence-electron chi connectivity index (χ4n) is 2.01. The Balaban J connectivity index is 2.52. The van der Waals surface area contributed by atoms with E-state index in [4.69, 9.17) is 10.2 Å². The Labute approximate surface area is 115 Å². The molecule has 5 heteroatoms. The van der Waals surface area contributed by atoms with Gasteiger partial charge in [-0.05, 0) is 0 Å². The number of carbonyl (C=O) groups is 1. The summed E-state index contributed by atoms with van der Waals surface area (Å²) in [5, 5.41) is 0. The van der Waals surface area contributed by atoms with Crippen LogP contribution in [0.3, 0.4) is 0 Å². The standard InChI is InChI=1S/C8H12NO.C2H3O.C2H5S.Sn.H/c1-3-7-4-5-10-8(7)6(2)9;2*1-2-3;;/h4-6H,1,3,9H2,2H3;2H,1H2;3H,1-2H2;;. The van der Waals surface area contributed by atoms with Gasteiger partial charge in [-0.1, -0.05) is 0 Å². The molecule has 0 bridgehead atoms. The molecule has 2 unspecified atom stereocenters. The monoisotopic (exact) mass is 363 g/mol. The van der Waals surface area contributed by atoms with Gasteiger partial charge in [-0.2, -0.15) is 0 Å². The van der Waals surface area contributed by atoms with E-state index in [0.29, 0.717) is 0 Å². The Morgan fingerprint density at radius 2 is 2.35 bits per heavy atom. The van der Waals surface area contributed by atoms with Crippen LogP contribution in [0.1, 0.15) is 24.3 Å². The maximum atomic E-state index is 10.6. The summed E-state index contributed by atoms with van der Waals surface area (Å²) in [6.45, 7) is 1.93. The molecule has 0 aliphatic rings. The molecule has 2 atom stereocenters. The summed E-state index contributed by atoms with van der Waals surface area (Å²) in [5.74, 6) is 1.81. The number of aryl methyl sites for hydroxylation is 1. The molecule has 1 aromatic rings. The average Bonchev–Trinajstić information content (AvgIpc) is 2.74. The molecule has 0 spiro atoms. The van der Waals surface area contributed by atoms with E-state index in [1.54, 1.807) is 6.26 Å². The molecular formula is C12H21NO2SSn. The van der Waals surface area contributed by atoms with Gasteiger partial charge in [0.25, 0.3) is 0 Å². The van der Waals surface area contributed by atoms with E-state index < -0.39 is 19.8 Å². The third kappa shape index (κ3) is 5.05. The van der Waals surface area contributed by atoms with Crippen molar-refractivity contribution in [3.63, 3.8) is 0 Å². The van der Waals surface area contributed by atoms with Gasteiger partial charge in [-0.15, -0.1) is 0 Å². The number of carbonyl (C=O) groups excluding carboxylic acids is 1. The molecule has 0 saturated heterocycles. The van der Waals surface area contributed by atoms with Crippen molar-refractivity contribution in [1.82, 2.24) is 0 Å². The summed E-state index contributed by atoms with van der Waals surface area (Å²) in [4.78, 5) is 10.6. The van der Waals surface area contributed by atoms with Crippen LogP contribution in [0, 0.1) is 0 Å². The van der Waals surface area contributed by atoms with Gasteiger partial charge in [0.1, 0.15) is 0 Å². The van der Waals surface area contributed by atoms with Gasteiger partial charge in [0.2, 0.25) is 0 Å². The first-order chi connectivity index (χ1) is 8.19. The van der Waals surface area contributed by atoms with Crippen LogP contribution in [0.15, 0.2) is 16.7 Å². The summed E-state index contributed by atoms with van der Waals surface area (Å²) in [6.07, 6.45) is 3.80. The molecule has 0 aliphatic carbocycles. The normalized spacial score (nSPS) is 14.5. The van der Waals surface area contributed by atoms with Crippen LogP contribution in [0.5, 0.6) is 0 Å². The van der Waals surface area contributed by atoms with Gasteiger partial charge in [0.05, 0.1) is 0 Å². The Morgan fingerprint density at radius 3 is 2.94 bits per heavy atom. The van der Waals surface area contributed by atoms with Crippen molar-refractivity contribution >= 4 is 38.7 Å². The van der Waals surface area contributed by atoms with E-state index in [1.807, 2.05) is 13.0 Å². The van der Waals surface area contributed by atoms with Crippen molar-refractivity contribution < 1.29 is 9.21 Å². The number of nitrogens with two attached hydrogens (primary N) is 1. The van der Waals surface area contributed by atoms with Crippen molar-refractivity contribution in [2.45, 2.75) is 32.7 Å². The predicted octanol–water partition coefficient (Wildman–Crippen LogP) is 2.20. The van der Waals surface area contributed by atoms with Crippen molar-refractivity contribution in [2.24, 2.45) is 5.73 Å². The van der Waals surface area contributed by atoms with E-state index in [-0.39, 0.29) is 6.04 Å². The van der Waals surface area contributed by atoms with Gasteiger partial charge >= 0.3 is 116 Å². The molecule has 0 aliphatic heterocycles. The van der Waals surface area contributed by atoms with Crippen LogP contribution in [0.2, 0.25) is 13.3 Å². The molecule has 96 valence electrons. The van der Waals surface area contributed by atoms with Gasteiger partial charge in [-0.3, -0.25) is 0 Å². The summed E-state index contributed by atoms with van der Waals surface area (Å²) >= 11 is 2.61. The van der Waals surface area contributed by atoms with Crippen LogP contribution in [-0.2, 0) is 11.2 Å². The first-order valence-corrected chi connectivity index (χ1v) is 13.7. The van der Waals surface area contributed by atoms with Crippen molar-refractivity contribution in [3.8, 4) is 0 Å².